The summed E-state index contributed by atoms with van der Waals surface area (Å²) in [5.74, 6) is -0.152. The van der Waals surface area contributed by atoms with Gasteiger partial charge >= 0.3 is 6.18 Å². The molecule has 0 saturated carbocycles. The Bertz CT molecular complexity index is 915. The fourth-order valence-electron chi connectivity index (χ4n) is 3.08. The lowest BCUT2D eigenvalue weighted by atomic mass is 9.99. The number of aryl methyl sites for hydroxylation is 1. The molecule has 1 aliphatic heterocycles. The summed E-state index contributed by atoms with van der Waals surface area (Å²) in [6.07, 6.45) is -5.69. The third-order valence-corrected chi connectivity index (χ3v) is 5.54. The van der Waals surface area contributed by atoms with Crippen molar-refractivity contribution < 1.29 is 32.5 Å². The average molecular weight is 430 g/mol. The number of ether oxygens (including phenoxy) is 2. The van der Waals surface area contributed by atoms with Gasteiger partial charge in [-0.3, -0.25) is 4.79 Å². The second-order valence-corrected chi connectivity index (χ2v) is 7.76. The van der Waals surface area contributed by atoms with E-state index >= 15 is 0 Å². The fraction of sp³-hybridized carbons (Fsp3) is 0.474. The molecule has 2 heterocycles. The average Bonchev–Trinajstić information content (AvgIpc) is 3.19. The Kier molecular flexibility index (Phi) is 5.77. The number of hydrogen-bond acceptors (Lipinski definition) is 6. The number of fused-ring (bicyclic) bond motifs is 1. The molecule has 0 saturated heterocycles. The molecule has 3 rings (SSSR count). The number of hydrogen-bond donors (Lipinski definition) is 2. The van der Waals surface area contributed by atoms with Crippen molar-refractivity contribution in [1.82, 2.24) is 4.98 Å². The van der Waals surface area contributed by atoms with Gasteiger partial charge in [0, 0.05) is 29.1 Å². The summed E-state index contributed by atoms with van der Waals surface area (Å²) in [7, 11) is 0. The van der Waals surface area contributed by atoms with Crippen LogP contribution >= 0.6 is 11.3 Å². The first kappa shape index (κ1) is 21.4. The first-order chi connectivity index (χ1) is 13.5. The molecule has 0 bridgehead atoms. The summed E-state index contributed by atoms with van der Waals surface area (Å²) >= 11 is 0.654. The van der Waals surface area contributed by atoms with Gasteiger partial charge < -0.3 is 19.9 Å². The van der Waals surface area contributed by atoms with Crippen molar-refractivity contribution in [3.63, 3.8) is 0 Å². The number of carbonyl (C=O) groups excluding carboxylic acids is 1. The Morgan fingerprint density at radius 1 is 1.45 bits per heavy atom. The minimum atomic E-state index is -5.08. The van der Waals surface area contributed by atoms with Gasteiger partial charge in [-0.1, -0.05) is 0 Å². The van der Waals surface area contributed by atoms with Crippen LogP contribution in [-0.4, -0.2) is 34.9 Å². The Morgan fingerprint density at radius 2 is 2.17 bits per heavy atom. The maximum absolute atomic E-state index is 13.6. The minimum Gasteiger partial charge on any atom is -0.492 e. The highest BCUT2D eigenvalue weighted by atomic mass is 32.1. The molecule has 1 aromatic heterocycles. The minimum absolute atomic E-state index is 0.0473. The van der Waals surface area contributed by atoms with E-state index in [0.717, 1.165) is 5.56 Å². The smallest absolute Gasteiger partial charge is 0.424 e. The van der Waals surface area contributed by atoms with E-state index in [9.17, 15) is 23.1 Å². The van der Waals surface area contributed by atoms with E-state index in [1.54, 1.807) is 13.0 Å². The number of halogens is 3. The van der Waals surface area contributed by atoms with E-state index in [1.807, 2.05) is 6.92 Å². The maximum Gasteiger partial charge on any atom is 0.424 e. The summed E-state index contributed by atoms with van der Waals surface area (Å²) in [5.41, 5.74) is -1.98. The van der Waals surface area contributed by atoms with Crippen molar-refractivity contribution >= 4 is 22.9 Å². The van der Waals surface area contributed by atoms with Crippen molar-refractivity contribution in [2.45, 2.75) is 51.5 Å². The van der Waals surface area contributed by atoms with Gasteiger partial charge in [0.2, 0.25) is 11.5 Å². The standard InChI is InChI=1S/C19H21F3N2O4S/c1-4-27-15-6-12-5-11(3)28-14(12)7-13(15)24-16(25)8-18(26,19(20,21)22)17-23-10(2)9-29-17/h6-7,9,11,26H,4-5,8H2,1-3H3,(H,24,25). The molecule has 6 nitrogen and oxygen atoms in total. The zero-order chi connectivity index (χ0) is 21.4. The largest absolute Gasteiger partial charge is 0.492 e. The van der Waals surface area contributed by atoms with Crippen molar-refractivity contribution in [2.75, 3.05) is 11.9 Å². The van der Waals surface area contributed by atoms with E-state index < -0.39 is 29.1 Å². The molecular weight excluding hydrogens is 409 g/mol. The third-order valence-electron chi connectivity index (χ3n) is 4.43. The molecule has 2 unspecified atom stereocenters. The zero-order valence-corrected chi connectivity index (χ0v) is 16.9. The fourth-order valence-corrected chi connectivity index (χ4v) is 3.99. The number of thiazole rings is 1. The predicted octanol–water partition coefficient (Wildman–Crippen LogP) is 3.95. The number of aliphatic hydroxyl groups is 1. The van der Waals surface area contributed by atoms with Gasteiger partial charge in [0.05, 0.1) is 18.7 Å². The van der Waals surface area contributed by atoms with Gasteiger partial charge in [0.25, 0.3) is 0 Å². The molecule has 1 aromatic carbocycles. The molecule has 1 aliphatic rings. The monoisotopic (exact) mass is 430 g/mol. The number of carbonyl (C=O) groups is 1. The SMILES string of the molecule is CCOc1cc2c(cc1NC(=O)CC(O)(c1nc(C)cs1)C(F)(F)F)OC(C)C2. The van der Waals surface area contributed by atoms with Crippen molar-refractivity contribution in [1.29, 1.82) is 0 Å². The molecule has 0 fully saturated rings. The van der Waals surface area contributed by atoms with Crippen LogP contribution in [0.2, 0.25) is 0 Å². The van der Waals surface area contributed by atoms with Crippen LogP contribution in [0.1, 0.15) is 36.5 Å². The van der Waals surface area contributed by atoms with Gasteiger partial charge in [-0.15, -0.1) is 11.3 Å². The summed E-state index contributed by atoms with van der Waals surface area (Å²) in [6.45, 7) is 5.46. The highest BCUT2D eigenvalue weighted by molar-refractivity contribution is 7.09. The van der Waals surface area contributed by atoms with Gasteiger partial charge in [0.1, 0.15) is 22.6 Å². The third kappa shape index (κ3) is 4.32. The summed E-state index contributed by atoms with van der Waals surface area (Å²) in [6, 6.07) is 3.24. The highest BCUT2D eigenvalue weighted by Gasteiger charge is 2.58. The molecule has 0 radical (unpaired) electrons. The van der Waals surface area contributed by atoms with Crippen LogP contribution in [0, 0.1) is 6.92 Å². The number of anilines is 1. The Labute approximate surface area is 169 Å². The Morgan fingerprint density at radius 3 is 2.76 bits per heavy atom. The molecule has 0 aliphatic carbocycles. The lowest BCUT2D eigenvalue weighted by Crippen LogP contribution is -2.45. The van der Waals surface area contributed by atoms with Crippen molar-refractivity contribution in [2.24, 2.45) is 0 Å². The van der Waals surface area contributed by atoms with E-state index in [2.05, 4.69) is 10.3 Å². The number of benzene rings is 1. The quantitative estimate of drug-likeness (QED) is 0.725. The van der Waals surface area contributed by atoms with E-state index in [1.165, 1.54) is 18.4 Å². The number of aromatic nitrogens is 1. The molecule has 10 heteroatoms. The van der Waals surface area contributed by atoms with Gasteiger partial charge in [-0.05, 0) is 26.8 Å². The van der Waals surface area contributed by atoms with Gasteiger partial charge in [0.15, 0.2) is 0 Å². The summed E-state index contributed by atoms with van der Waals surface area (Å²) < 4.78 is 52.0. The van der Waals surface area contributed by atoms with Crippen LogP contribution < -0.4 is 14.8 Å². The van der Waals surface area contributed by atoms with Crippen LogP contribution in [0.25, 0.3) is 0 Å². The molecule has 0 spiro atoms. The molecule has 2 atom stereocenters. The number of nitrogens with zero attached hydrogens (tertiary/aromatic N) is 1. The lowest BCUT2D eigenvalue weighted by Gasteiger charge is -2.28. The lowest BCUT2D eigenvalue weighted by molar-refractivity contribution is -0.266. The van der Waals surface area contributed by atoms with Crippen molar-refractivity contribution in [3.8, 4) is 11.5 Å². The number of rotatable bonds is 6. The summed E-state index contributed by atoms with van der Waals surface area (Å²) in [4.78, 5) is 16.2. The normalized spacial score (nSPS) is 18.0. The van der Waals surface area contributed by atoms with Gasteiger partial charge in [-0.25, -0.2) is 4.98 Å². The number of alkyl halides is 3. The summed E-state index contributed by atoms with van der Waals surface area (Å²) in [5, 5.41) is 13.6. The maximum atomic E-state index is 13.6. The number of nitrogens with one attached hydrogen (secondary N) is 1. The topological polar surface area (TPSA) is 80.7 Å². The van der Waals surface area contributed by atoms with E-state index in [4.69, 9.17) is 9.47 Å². The molecule has 2 N–H and O–H groups in total. The Balaban J connectivity index is 1.87. The van der Waals surface area contributed by atoms with Crippen LogP contribution in [0.5, 0.6) is 11.5 Å². The van der Waals surface area contributed by atoms with Crippen LogP contribution in [-0.2, 0) is 16.8 Å². The second kappa shape index (κ2) is 7.83. The first-order valence-electron chi connectivity index (χ1n) is 9.01. The molecule has 158 valence electrons. The van der Waals surface area contributed by atoms with Crippen LogP contribution in [0.3, 0.4) is 0 Å². The molecule has 2 aromatic rings. The van der Waals surface area contributed by atoms with E-state index in [-0.39, 0.29) is 11.8 Å². The second-order valence-electron chi connectivity index (χ2n) is 6.90. The van der Waals surface area contributed by atoms with Gasteiger partial charge in [-0.2, -0.15) is 13.2 Å². The van der Waals surface area contributed by atoms with Crippen LogP contribution in [0.15, 0.2) is 17.5 Å². The zero-order valence-electron chi connectivity index (χ0n) is 16.1. The Hall–Kier alpha value is -2.33. The first-order valence-corrected chi connectivity index (χ1v) is 9.89. The predicted molar refractivity (Wildman–Crippen MR) is 101 cm³/mol. The molecular formula is C19H21F3N2O4S. The van der Waals surface area contributed by atoms with E-state index in [0.29, 0.717) is 41.6 Å². The molecule has 29 heavy (non-hydrogen) atoms. The van der Waals surface area contributed by atoms with Crippen LogP contribution in [0.4, 0.5) is 18.9 Å². The van der Waals surface area contributed by atoms with Crippen molar-refractivity contribution in [3.05, 3.63) is 33.8 Å². The number of amides is 1. The highest BCUT2D eigenvalue weighted by Crippen LogP contribution is 2.43. The molecule has 1 amide bonds.